The average Bonchev–Trinajstić information content (AvgIpc) is 2.40. The maximum atomic E-state index is 11.1. The van der Waals surface area contributed by atoms with Gasteiger partial charge in [-0.3, -0.25) is 4.79 Å². The molecule has 0 atom stereocenters. The lowest BCUT2D eigenvalue weighted by atomic mass is 10.1. The van der Waals surface area contributed by atoms with Gasteiger partial charge in [0.15, 0.2) is 11.5 Å². The largest absolute Gasteiger partial charge is 0.292 e. The van der Waals surface area contributed by atoms with Crippen molar-refractivity contribution in [2.24, 2.45) is 20.4 Å². The first-order valence-electron chi connectivity index (χ1n) is 3.12. The monoisotopic (exact) mass is 148 g/mol. The molecule has 0 spiro atoms. The Bertz CT molecular complexity index is 323. The lowest BCUT2D eigenvalue weighted by molar-refractivity contribution is -0.111. The minimum Gasteiger partial charge on any atom is -0.292 e. The van der Waals surface area contributed by atoms with Crippen molar-refractivity contribution < 1.29 is 4.79 Å². The van der Waals surface area contributed by atoms with E-state index < -0.39 is 0 Å². The Morgan fingerprint density at radius 1 is 1.27 bits per heavy atom. The molecule has 0 saturated heterocycles. The summed E-state index contributed by atoms with van der Waals surface area (Å²) in [5.41, 5.74) is 0.784. The highest BCUT2D eigenvalue weighted by atomic mass is 16.1. The molecule has 0 saturated carbocycles. The van der Waals surface area contributed by atoms with Crippen molar-refractivity contribution in [1.82, 2.24) is 0 Å². The maximum Gasteiger partial charge on any atom is 0.190 e. The van der Waals surface area contributed by atoms with Gasteiger partial charge in [0.05, 0.1) is 12.6 Å². The number of carbonyl (C=O) groups is 1. The molecule has 0 unspecified atom stereocenters. The molecule has 0 aromatic heterocycles. The van der Waals surface area contributed by atoms with E-state index in [1.54, 1.807) is 0 Å². The molecule has 0 fully saturated rings. The van der Waals surface area contributed by atoms with Crippen LogP contribution < -0.4 is 0 Å². The van der Waals surface area contributed by atoms with Gasteiger partial charge in [-0.15, -0.1) is 10.2 Å². The van der Waals surface area contributed by atoms with Crippen molar-refractivity contribution in [3.8, 4) is 0 Å². The number of hydrogen-bond donors (Lipinski definition) is 0. The molecule has 0 N–H and O–H groups in total. The summed E-state index contributed by atoms with van der Waals surface area (Å²) in [5.74, 6) is -0.0810. The Balaban J connectivity index is 2.47. The molecule has 2 aliphatic rings. The van der Waals surface area contributed by atoms with Crippen LogP contribution >= 0.6 is 0 Å². The van der Waals surface area contributed by atoms with Crippen molar-refractivity contribution in [1.29, 1.82) is 0 Å². The van der Waals surface area contributed by atoms with E-state index in [9.17, 15) is 4.79 Å². The van der Waals surface area contributed by atoms with E-state index in [2.05, 4.69) is 20.4 Å². The van der Waals surface area contributed by atoms with Crippen molar-refractivity contribution in [3.63, 3.8) is 0 Å². The number of hydrogen-bond acceptors (Lipinski definition) is 5. The van der Waals surface area contributed by atoms with Crippen LogP contribution in [0.2, 0.25) is 0 Å². The fourth-order valence-electron chi connectivity index (χ4n) is 0.849. The van der Waals surface area contributed by atoms with Crippen molar-refractivity contribution in [2.45, 2.75) is 6.42 Å². The second-order valence-corrected chi connectivity index (χ2v) is 2.10. The number of rotatable bonds is 0. The zero-order chi connectivity index (χ0) is 7.68. The van der Waals surface area contributed by atoms with Crippen LogP contribution in [-0.2, 0) is 4.79 Å². The molecular formula is C6H4N4O. The zero-order valence-corrected chi connectivity index (χ0v) is 5.56. The van der Waals surface area contributed by atoms with Crippen LogP contribution in [0.15, 0.2) is 20.4 Å². The Labute approximate surface area is 62.2 Å². The standard InChI is InChI=1S/C6H4N4O/c11-5-1-2-7-9-4-3-8-10-6(4)5/h2-3H,1H2. The van der Waals surface area contributed by atoms with Gasteiger partial charge in [0.25, 0.3) is 0 Å². The summed E-state index contributed by atoms with van der Waals surface area (Å²) in [6.45, 7) is 0. The predicted molar refractivity (Wildman–Crippen MR) is 41.5 cm³/mol. The number of ketones is 1. The van der Waals surface area contributed by atoms with Crippen LogP contribution in [0.25, 0.3) is 0 Å². The van der Waals surface area contributed by atoms with E-state index in [-0.39, 0.29) is 12.2 Å². The molecule has 2 aliphatic heterocycles. The second-order valence-electron chi connectivity index (χ2n) is 2.10. The molecule has 0 aromatic carbocycles. The van der Waals surface area contributed by atoms with E-state index in [1.165, 1.54) is 12.4 Å². The Morgan fingerprint density at radius 3 is 3.09 bits per heavy atom. The molecule has 0 amide bonds. The van der Waals surface area contributed by atoms with Crippen LogP contribution in [0, 0.1) is 0 Å². The molecule has 5 heteroatoms. The zero-order valence-electron chi connectivity index (χ0n) is 5.56. The van der Waals surface area contributed by atoms with Gasteiger partial charge < -0.3 is 0 Å². The van der Waals surface area contributed by atoms with Gasteiger partial charge in [0, 0.05) is 6.21 Å². The summed E-state index contributed by atoms with van der Waals surface area (Å²) in [5, 5.41) is 14.5. The summed E-state index contributed by atoms with van der Waals surface area (Å²) in [6.07, 6.45) is 3.15. The average molecular weight is 148 g/mol. The van der Waals surface area contributed by atoms with Gasteiger partial charge in [-0.2, -0.15) is 10.2 Å². The molecule has 2 rings (SSSR count). The van der Waals surface area contributed by atoms with Crippen molar-refractivity contribution >= 4 is 29.6 Å². The highest BCUT2D eigenvalue weighted by Crippen LogP contribution is 2.00. The van der Waals surface area contributed by atoms with Crippen LogP contribution in [0.5, 0.6) is 0 Å². The van der Waals surface area contributed by atoms with Gasteiger partial charge in [-0.25, -0.2) is 0 Å². The minimum atomic E-state index is -0.0810. The number of fused-ring (bicyclic) bond motifs is 1. The van der Waals surface area contributed by atoms with Crippen molar-refractivity contribution in [3.05, 3.63) is 0 Å². The summed E-state index contributed by atoms with van der Waals surface area (Å²) >= 11 is 0. The van der Waals surface area contributed by atoms with Gasteiger partial charge in [0.1, 0.15) is 5.71 Å². The van der Waals surface area contributed by atoms with Crippen molar-refractivity contribution in [2.75, 3.05) is 0 Å². The molecule has 54 valence electrons. The third-order valence-corrected chi connectivity index (χ3v) is 1.37. The Hall–Kier alpha value is -1.65. The second kappa shape index (κ2) is 2.19. The number of carbonyl (C=O) groups excluding carboxylic acids is 1. The highest BCUT2D eigenvalue weighted by molar-refractivity contribution is 6.80. The molecule has 0 radical (unpaired) electrons. The highest BCUT2D eigenvalue weighted by Gasteiger charge is 2.21. The fraction of sp³-hybridized carbons (Fsp3) is 0.167. The molecule has 5 nitrogen and oxygen atoms in total. The third kappa shape index (κ3) is 0.899. The first kappa shape index (κ1) is 6.09. The summed E-state index contributed by atoms with van der Waals surface area (Å²) in [4.78, 5) is 11.1. The van der Waals surface area contributed by atoms with Gasteiger partial charge in [-0.05, 0) is 0 Å². The lowest BCUT2D eigenvalue weighted by Crippen LogP contribution is -2.20. The van der Waals surface area contributed by atoms with E-state index in [1.807, 2.05) is 0 Å². The van der Waals surface area contributed by atoms with Crippen LogP contribution in [0.3, 0.4) is 0 Å². The lowest BCUT2D eigenvalue weighted by Gasteiger charge is -1.89. The third-order valence-electron chi connectivity index (χ3n) is 1.37. The molecule has 0 aromatic rings. The minimum absolute atomic E-state index is 0.0810. The smallest absolute Gasteiger partial charge is 0.190 e. The number of nitrogens with zero attached hydrogens (tertiary/aromatic N) is 4. The SMILES string of the molecule is O=C1CC=NN=C2C=NN=C12. The van der Waals surface area contributed by atoms with E-state index in [4.69, 9.17) is 0 Å². The van der Waals surface area contributed by atoms with Gasteiger partial charge in [0.2, 0.25) is 0 Å². The van der Waals surface area contributed by atoms with Gasteiger partial charge >= 0.3 is 0 Å². The predicted octanol–water partition coefficient (Wildman–Crippen LogP) is -0.174. The first-order chi connectivity index (χ1) is 5.38. The molecule has 0 bridgehead atoms. The first-order valence-corrected chi connectivity index (χ1v) is 3.12. The molecule has 11 heavy (non-hydrogen) atoms. The van der Waals surface area contributed by atoms with E-state index in [0.29, 0.717) is 11.4 Å². The normalized spacial score (nSPS) is 20.9. The molecule has 0 aliphatic carbocycles. The topological polar surface area (TPSA) is 66.5 Å². The van der Waals surface area contributed by atoms with Crippen LogP contribution in [0.1, 0.15) is 6.42 Å². The fourth-order valence-corrected chi connectivity index (χ4v) is 0.849. The summed E-state index contributed by atoms with van der Waals surface area (Å²) < 4.78 is 0. The summed E-state index contributed by atoms with van der Waals surface area (Å²) in [6, 6.07) is 0. The number of Topliss-reactive ketones (excluding diaryl/α,β-unsaturated/α-hetero) is 1. The van der Waals surface area contributed by atoms with E-state index in [0.717, 1.165) is 0 Å². The van der Waals surface area contributed by atoms with Crippen LogP contribution in [0.4, 0.5) is 0 Å². The quantitative estimate of drug-likeness (QED) is 0.470. The maximum absolute atomic E-state index is 11.1. The summed E-state index contributed by atoms with van der Waals surface area (Å²) in [7, 11) is 0. The Morgan fingerprint density at radius 2 is 2.18 bits per heavy atom. The van der Waals surface area contributed by atoms with Crippen LogP contribution in [-0.4, -0.2) is 29.6 Å². The van der Waals surface area contributed by atoms with E-state index >= 15 is 0 Å². The Kier molecular flexibility index (Phi) is 1.21. The molecular weight excluding hydrogens is 144 g/mol. The van der Waals surface area contributed by atoms with Gasteiger partial charge in [-0.1, -0.05) is 0 Å². The molecule has 2 heterocycles.